The normalized spacial score (nSPS) is 21.2. The smallest absolute Gasteiger partial charge is 0.244 e. The van der Waals surface area contributed by atoms with E-state index in [9.17, 15) is 0 Å². The third-order valence-corrected chi connectivity index (χ3v) is 2.72. The van der Waals surface area contributed by atoms with E-state index in [0.717, 1.165) is 31.4 Å². The van der Waals surface area contributed by atoms with Crippen LogP contribution in [0.5, 0.6) is 0 Å². The summed E-state index contributed by atoms with van der Waals surface area (Å²) in [6, 6.07) is 0.484. The summed E-state index contributed by atoms with van der Waals surface area (Å²) in [6.07, 6.45) is 0.211. The Bertz CT molecular complexity index is 351. The summed E-state index contributed by atoms with van der Waals surface area (Å²) in [5, 5.41) is 10.6. The molecule has 17 heavy (non-hydrogen) atoms. The monoisotopic (exact) mass is 239 g/mol. The molecule has 0 saturated carbocycles. The van der Waals surface area contributed by atoms with Crippen LogP contribution in [0.3, 0.4) is 0 Å². The fraction of sp³-hybridized carbons (Fsp3) is 0.818. The summed E-state index contributed by atoms with van der Waals surface area (Å²) in [5.74, 6) is 1.57. The van der Waals surface area contributed by atoms with Crippen molar-refractivity contribution in [1.82, 2.24) is 20.5 Å². The SMILES string of the molecule is CC1CN(c2n[nH]c(COC(C)C)n2)CCN1. The number of rotatable bonds is 4. The van der Waals surface area contributed by atoms with Crippen molar-refractivity contribution < 1.29 is 4.74 Å². The van der Waals surface area contributed by atoms with Crippen LogP contribution < -0.4 is 10.2 Å². The summed E-state index contributed by atoms with van der Waals surface area (Å²) >= 11 is 0. The lowest BCUT2D eigenvalue weighted by atomic mass is 10.2. The number of aromatic amines is 1. The van der Waals surface area contributed by atoms with Crippen LogP contribution in [0, 0.1) is 0 Å². The minimum Gasteiger partial charge on any atom is -0.371 e. The number of nitrogens with zero attached hydrogens (tertiary/aromatic N) is 3. The van der Waals surface area contributed by atoms with E-state index in [1.54, 1.807) is 0 Å². The van der Waals surface area contributed by atoms with Crippen molar-refractivity contribution in [2.24, 2.45) is 0 Å². The first-order valence-corrected chi connectivity index (χ1v) is 6.16. The van der Waals surface area contributed by atoms with Crippen LogP contribution in [0.15, 0.2) is 0 Å². The number of anilines is 1. The van der Waals surface area contributed by atoms with Crippen molar-refractivity contribution in [3.63, 3.8) is 0 Å². The number of ether oxygens (including phenoxy) is 1. The molecule has 2 N–H and O–H groups in total. The van der Waals surface area contributed by atoms with Crippen molar-refractivity contribution in [3.05, 3.63) is 5.82 Å². The summed E-state index contributed by atoms with van der Waals surface area (Å²) < 4.78 is 5.49. The lowest BCUT2D eigenvalue weighted by molar-refractivity contribution is 0.0615. The highest BCUT2D eigenvalue weighted by Gasteiger charge is 2.19. The number of hydrogen-bond donors (Lipinski definition) is 2. The molecule has 2 heterocycles. The third kappa shape index (κ3) is 3.41. The fourth-order valence-electron chi connectivity index (χ4n) is 1.85. The Morgan fingerprint density at radius 2 is 2.35 bits per heavy atom. The number of aromatic nitrogens is 3. The maximum absolute atomic E-state index is 5.49. The van der Waals surface area contributed by atoms with Crippen LogP contribution in [0.1, 0.15) is 26.6 Å². The van der Waals surface area contributed by atoms with Crippen molar-refractivity contribution >= 4 is 5.95 Å². The van der Waals surface area contributed by atoms with Gasteiger partial charge in [0.05, 0.1) is 6.10 Å². The molecule has 1 fully saturated rings. The molecule has 0 radical (unpaired) electrons. The van der Waals surface area contributed by atoms with Crippen LogP contribution in [-0.4, -0.2) is 47.0 Å². The molecule has 1 aliphatic rings. The summed E-state index contributed by atoms with van der Waals surface area (Å²) in [5.41, 5.74) is 0. The molecular weight excluding hydrogens is 218 g/mol. The second-order valence-electron chi connectivity index (χ2n) is 4.74. The molecule has 0 aliphatic carbocycles. The lowest BCUT2D eigenvalue weighted by Gasteiger charge is -2.30. The van der Waals surface area contributed by atoms with Gasteiger partial charge >= 0.3 is 0 Å². The molecule has 6 nitrogen and oxygen atoms in total. The van der Waals surface area contributed by atoms with Gasteiger partial charge in [0, 0.05) is 25.7 Å². The van der Waals surface area contributed by atoms with Gasteiger partial charge < -0.3 is 15.0 Å². The topological polar surface area (TPSA) is 66.1 Å². The zero-order chi connectivity index (χ0) is 12.3. The average molecular weight is 239 g/mol. The highest BCUT2D eigenvalue weighted by Crippen LogP contribution is 2.10. The van der Waals surface area contributed by atoms with Gasteiger partial charge in [0.1, 0.15) is 6.61 Å². The third-order valence-electron chi connectivity index (χ3n) is 2.72. The molecule has 1 saturated heterocycles. The van der Waals surface area contributed by atoms with Crippen LogP contribution in [0.25, 0.3) is 0 Å². The van der Waals surface area contributed by atoms with Crippen LogP contribution >= 0.6 is 0 Å². The molecular formula is C11H21N5O. The van der Waals surface area contributed by atoms with E-state index in [-0.39, 0.29) is 6.10 Å². The number of piperazine rings is 1. The Kier molecular flexibility index (Phi) is 3.96. The van der Waals surface area contributed by atoms with Gasteiger partial charge in [0.15, 0.2) is 5.82 Å². The van der Waals surface area contributed by atoms with Crippen molar-refractivity contribution in [2.75, 3.05) is 24.5 Å². The van der Waals surface area contributed by atoms with E-state index in [2.05, 4.69) is 32.3 Å². The van der Waals surface area contributed by atoms with Gasteiger partial charge in [-0.3, -0.25) is 5.10 Å². The van der Waals surface area contributed by atoms with E-state index >= 15 is 0 Å². The van der Waals surface area contributed by atoms with E-state index in [0.29, 0.717) is 12.6 Å². The van der Waals surface area contributed by atoms with E-state index in [1.165, 1.54) is 0 Å². The number of hydrogen-bond acceptors (Lipinski definition) is 5. The maximum Gasteiger partial charge on any atom is 0.244 e. The largest absolute Gasteiger partial charge is 0.371 e. The van der Waals surface area contributed by atoms with Gasteiger partial charge in [-0.25, -0.2) is 0 Å². The Balaban J connectivity index is 1.92. The standard InChI is InChI=1S/C11H21N5O/c1-8(2)17-7-10-13-11(15-14-10)16-5-4-12-9(3)6-16/h8-9,12H,4-7H2,1-3H3,(H,13,14,15). The minimum atomic E-state index is 0.211. The molecule has 0 spiro atoms. The Morgan fingerprint density at radius 1 is 1.53 bits per heavy atom. The predicted octanol–water partition coefficient (Wildman–Crippen LogP) is 0.528. The fourth-order valence-corrected chi connectivity index (χ4v) is 1.85. The highest BCUT2D eigenvalue weighted by molar-refractivity contribution is 5.29. The van der Waals surface area contributed by atoms with Crippen molar-refractivity contribution in [1.29, 1.82) is 0 Å². The Hall–Kier alpha value is -1.14. The van der Waals surface area contributed by atoms with Gasteiger partial charge in [0.2, 0.25) is 5.95 Å². The Labute approximate surface area is 102 Å². The summed E-state index contributed by atoms with van der Waals surface area (Å²) in [6.45, 7) is 9.56. The first-order valence-electron chi connectivity index (χ1n) is 6.16. The Morgan fingerprint density at radius 3 is 3.06 bits per heavy atom. The molecule has 0 bridgehead atoms. The van der Waals surface area contributed by atoms with Gasteiger partial charge in [-0.05, 0) is 20.8 Å². The van der Waals surface area contributed by atoms with Gasteiger partial charge in [-0.15, -0.1) is 5.10 Å². The molecule has 1 aliphatic heterocycles. The summed E-state index contributed by atoms with van der Waals surface area (Å²) in [4.78, 5) is 6.64. The molecule has 6 heteroatoms. The highest BCUT2D eigenvalue weighted by atomic mass is 16.5. The van der Waals surface area contributed by atoms with Crippen molar-refractivity contribution in [3.8, 4) is 0 Å². The van der Waals surface area contributed by atoms with Crippen molar-refractivity contribution in [2.45, 2.75) is 39.5 Å². The van der Waals surface area contributed by atoms with Gasteiger partial charge in [-0.2, -0.15) is 4.98 Å². The molecule has 0 amide bonds. The molecule has 1 aromatic heterocycles. The minimum absolute atomic E-state index is 0.211. The van der Waals surface area contributed by atoms with E-state index < -0.39 is 0 Å². The van der Waals surface area contributed by atoms with Crippen LogP contribution in [0.2, 0.25) is 0 Å². The molecule has 1 atom stereocenters. The second kappa shape index (κ2) is 5.46. The molecule has 1 aromatic rings. The zero-order valence-electron chi connectivity index (χ0n) is 10.7. The van der Waals surface area contributed by atoms with Gasteiger partial charge in [0.25, 0.3) is 0 Å². The van der Waals surface area contributed by atoms with E-state index in [4.69, 9.17) is 4.74 Å². The van der Waals surface area contributed by atoms with Gasteiger partial charge in [-0.1, -0.05) is 0 Å². The van der Waals surface area contributed by atoms with Crippen LogP contribution in [-0.2, 0) is 11.3 Å². The average Bonchev–Trinajstić information content (AvgIpc) is 2.75. The second-order valence-corrected chi connectivity index (χ2v) is 4.74. The summed E-state index contributed by atoms with van der Waals surface area (Å²) in [7, 11) is 0. The van der Waals surface area contributed by atoms with E-state index in [1.807, 2.05) is 13.8 Å². The zero-order valence-corrected chi connectivity index (χ0v) is 10.7. The first kappa shape index (κ1) is 12.3. The maximum atomic E-state index is 5.49. The molecule has 1 unspecified atom stereocenters. The molecule has 96 valence electrons. The first-order chi connectivity index (χ1) is 8.15. The lowest BCUT2D eigenvalue weighted by Crippen LogP contribution is -2.49. The molecule has 2 rings (SSSR count). The number of H-pyrrole nitrogens is 1. The predicted molar refractivity (Wildman–Crippen MR) is 66.0 cm³/mol. The number of nitrogens with one attached hydrogen (secondary N) is 2. The quantitative estimate of drug-likeness (QED) is 0.802. The molecule has 0 aromatic carbocycles. The van der Waals surface area contributed by atoms with Crippen LogP contribution in [0.4, 0.5) is 5.95 Å².